The van der Waals surface area contributed by atoms with Crippen LogP contribution in [0.4, 0.5) is 19.0 Å². The Morgan fingerprint density at radius 3 is 2.50 bits per heavy atom. The third-order valence-corrected chi connectivity index (χ3v) is 1.67. The fourth-order valence-electron chi connectivity index (χ4n) is 0.891. The molecular weight excluding hydrogens is 219 g/mol. The fourth-order valence-corrected chi connectivity index (χ4v) is 1.20. The predicted molar refractivity (Wildman–Crippen MR) is 43.4 cm³/mol. The van der Waals surface area contributed by atoms with E-state index in [0.29, 0.717) is 0 Å². The number of alkyl halides is 3. The van der Waals surface area contributed by atoms with Crippen LogP contribution in [0.25, 0.3) is 0 Å². The third kappa shape index (κ3) is 1.88. The average molecular weight is 222 g/mol. The maximum absolute atomic E-state index is 12.3. The molecule has 0 fully saturated rings. The van der Waals surface area contributed by atoms with E-state index < -0.39 is 22.5 Å². The Balaban J connectivity index is 3.51. The summed E-state index contributed by atoms with van der Waals surface area (Å²) < 4.78 is 36.9. The van der Waals surface area contributed by atoms with E-state index in [1.54, 1.807) is 0 Å². The van der Waals surface area contributed by atoms with Gasteiger partial charge < -0.3 is 5.73 Å². The van der Waals surface area contributed by atoms with Crippen molar-refractivity contribution in [1.29, 1.82) is 5.26 Å². The lowest BCUT2D eigenvalue weighted by Gasteiger charge is -2.09. The van der Waals surface area contributed by atoms with Crippen LogP contribution in [0, 0.1) is 11.3 Å². The maximum atomic E-state index is 12.3. The monoisotopic (exact) mass is 221 g/mol. The van der Waals surface area contributed by atoms with Gasteiger partial charge in [0.05, 0.1) is 5.56 Å². The normalized spacial score (nSPS) is 11.1. The number of nitriles is 1. The van der Waals surface area contributed by atoms with Crippen molar-refractivity contribution < 1.29 is 13.2 Å². The molecule has 0 spiro atoms. The highest BCUT2D eigenvalue weighted by atomic mass is 35.5. The molecule has 0 saturated heterocycles. The van der Waals surface area contributed by atoms with Crippen molar-refractivity contribution in [2.75, 3.05) is 5.73 Å². The minimum Gasteiger partial charge on any atom is -0.384 e. The molecule has 1 aromatic heterocycles. The van der Waals surface area contributed by atoms with Gasteiger partial charge in [-0.15, -0.1) is 0 Å². The number of nitrogens with zero attached hydrogens (tertiary/aromatic N) is 2. The summed E-state index contributed by atoms with van der Waals surface area (Å²) in [7, 11) is 0. The molecule has 0 aliphatic carbocycles. The minimum absolute atomic E-state index is 0.223. The lowest BCUT2D eigenvalue weighted by atomic mass is 10.1. The first-order valence-corrected chi connectivity index (χ1v) is 3.67. The molecule has 3 nitrogen and oxygen atoms in total. The van der Waals surface area contributed by atoms with Gasteiger partial charge in [0.15, 0.2) is 0 Å². The van der Waals surface area contributed by atoms with Gasteiger partial charge in [-0.25, -0.2) is 4.98 Å². The molecule has 0 amide bonds. The summed E-state index contributed by atoms with van der Waals surface area (Å²) >= 11 is 5.24. The minimum atomic E-state index is -4.71. The molecule has 1 rings (SSSR count). The van der Waals surface area contributed by atoms with E-state index in [1.165, 1.54) is 6.07 Å². The second-order valence-electron chi connectivity index (χ2n) is 2.37. The molecule has 14 heavy (non-hydrogen) atoms. The van der Waals surface area contributed by atoms with Crippen LogP contribution in [0.3, 0.4) is 0 Å². The standard InChI is InChI=1S/C7H3ClF3N3/c8-6-5(7(9,10)11)3(2-12)1-4(13)14-6/h1H,(H2,13,14). The summed E-state index contributed by atoms with van der Waals surface area (Å²) in [6.07, 6.45) is -4.71. The second kappa shape index (κ2) is 3.35. The van der Waals surface area contributed by atoms with E-state index in [4.69, 9.17) is 22.6 Å². The summed E-state index contributed by atoms with van der Waals surface area (Å²) in [6.45, 7) is 0. The van der Waals surface area contributed by atoms with Gasteiger partial charge >= 0.3 is 6.18 Å². The van der Waals surface area contributed by atoms with Gasteiger partial charge in [0.2, 0.25) is 0 Å². The predicted octanol–water partition coefficient (Wildman–Crippen LogP) is 2.21. The molecule has 0 atom stereocenters. The number of nitrogens with two attached hydrogens (primary N) is 1. The highest BCUT2D eigenvalue weighted by Gasteiger charge is 2.37. The molecule has 0 aromatic carbocycles. The largest absolute Gasteiger partial charge is 0.420 e. The maximum Gasteiger partial charge on any atom is 0.420 e. The average Bonchev–Trinajstić information content (AvgIpc) is 1.99. The first-order chi connectivity index (χ1) is 6.36. The first kappa shape index (κ1) is 10.6. The number of pyridine rings is 1. The number of aromatic nitrogens is 1. The molecule has 1 heterocycles. The van der Waals surface area contributed by atoms with Gasteiger partial charge in [-0.3, -0.25) is 0 Å². The van der Waals surface area contributed by atoms with Crippen LogP contribution < -0.4 is 5.73 Å². The van der Waals surface area contributed by atoms with Crippen LogP contribution in [0.1, 0.15) is 11.1 Å². The van der Waals surface area contributed by atoms with Crippen LogP contribution in [-0.4, -0.2) is 4.98 Å². The van der Waals surface area contributed by atoms with Crippen molar-refractivity contribution in [2.24, 2.45) is 0 Å². The molecule has 0 unspecified atom stereocenters. The molecular formula is C7H3ClF3N3. The Morgan fingerprint density at radius 2 is 2.07 bits per heavy atom. The van der Waals surface area contributed by atoms with Gasteiger partial charge in [0, 0.05) is 0 Å². The highest BCUT2D eigenvalue weighted by molar-refractivity contribution is 6.30. The van der Waals surface area contributed by atoms with Crippen molar-refractivity contribution in [3.63, 3.8) is 0 Å². The van der Waals surface area contributed by atoms with Crippen LogP contribution in [0.2, 0.25) is 5.15 Å². The topological polar surface area (TPSA) is 62.7 Å². The van der Waals surface area contributed by atoms with E-state index in [-0.39, 0.29) is 5.82 Å². The van der Waals surface area contributed by atoms with Crippen LogP contribution in [0.15, 0.2) is 6.07 Å². The zero-order chi connectivity index (χ0) is 10.9. The molecule has 7 heteroatoms. The zero-order valence-corrected chi connectivity index (χ0v) is 7.32. The number of hydrogen-bond donors (Lipinski definition) is 1. The van der Waals surface area contributed by atoms with Crippen molar-refractivity contribution in [3.8, 4) is 6.07 Å². The summed E-state index contributed by atoms with van der Waals surface area (Å²) in [5, 5.41) is 7.63. The van der Waals surface area contributed by atoms with Crippen molar-refractivity contribution in [1.82, 2.24) is 4.98 Å². The highest BCUT2D eigenvalue weighted by Crippen LogP contribution is 2.36. The first-order valence-electron chi connectivity index (χ1n) is 3.29. The van der Waals surface area contributed by atoms with Gasteiger partial charge in [-0.2, -0.15) is 18.4 Å². The number of hydrogen-bond acceptors (Lipinski definition) is 3. The second-order valence-corrected chi connectivity index (χ2v) is 2.73. The fraction of sp³-hybridized carbons (Fsp3) is 0.143. The molecule has 0 saturated carbocycles. The molecule has 0 bridgehead atoms. The number of rotatable bonds is 0. The van der Waals surface area contributed by atoms with E-state index in [9.17, 15) is 13.2 Å². The summed E-state index contributed by atoms with van der Waals surface area (Å²) in [5.41, 5.74) is 3.25. The lowest BCUT2D eigenvalue weighted by Crippen LogP contribution is -2.11. The Labute approximate surface area is 81.9 Å². The van der Waals surface area contributed by atoms with E-state index >= 15 is 0 Å². The third-order valence-electron chi connectivity index (χ3n) is 1.40. The quantitative estimate of drug-likeness (QED) is 0.683. The molecule has 0 radical (unpaired) electrons. The van der Waals surface area contributed by atoms with Crippen molar-refractivity contribution >= 4 is 17.4 Å². The van der Waals surface area contributed by atoms with Crippen LogP contribution >= 0.6 is 11.6 Å². The van der Waals surface area contributed by atoms with Crippen molar-refractivity contribution in [3.05, 3.63) is 22.3 Å². The smallest absolute Gasteiger partial charge is 0.384 e. The zero-order valence-electron chi connectivity index (χ0n) is 6.56. The number of nitrogen functional groups attached to an aromatic ring is 1. The van der Waals surface area contributed by atoms with Gasteiger partial charge in [-0.05, 0) is 6.07 Å². The lowest BCUT2D eigenvalue weighted by molar-refractivity contribution is -0.137. The van der Waals surface area contributed by atoms with Gasteiger partial charge in [0.25, 0.3) is 0 Å². The summed E-state index contributed by atoms with van der Waals surface area (Å²) in [5.74, 6) is -0.223. The van der Waals surface area contributed by atoms with E-state index in [2.05, 4.69) is 4.98 Å². The van der Waals surface area contributed by atoms with Gasteiger partial charge in [-0.1, -0.05) is 11.6 Å². The number of halogens is 4. The molecule has 1 aromatic rings. The molecule has 2 N–H and O–H groups in total. The van der Waals surface area contributed by atoms with E-state index in [1.807, 2.05) is 0 Å². The SMILES string of the molecule is N#Cc1cc(N)nc(Cl)c1C(F)(F)F. The molecule has 0 aliphatic heterocycles. The van der Waals surface area contributed by atoms with Crippen LogP contribution in [0.5, 0.6) is 0 Å². The van der Waals surface area contributed by atoms with Gasteiger partial charge in [0.1, 0.15) is 22.6 Å². The van der Waals surface area contributed by atoms with Crippen molar-refractivity contribution in [2.45, 2.75) is 6.18 Å². The van der Waals surface area contributed by atoms with E-state index in [0.717, 1.165) is 6.07 Å². The molecule has 74 valence electrons. The molecule has 0 aliphatic rings. The Hall–Kier alpha value is -1.48. The Kier molecular flexibility index (Phi) is 2.53. The Bertz CT molecular complexity index is 408. The summed E-state index contributed by atoms with van der Waals surface area (Å²) in [6, 6.07) is 2.19. The Morgan fingerprint density at radius 1 is 1.50 bits per heavy atom. The number of anilines is 1. The summed E-state index contributed by atoms with van der Waals surface area (Å²) in [4.78, 5) is 3.22. The van der Waals surface area contributed by atoms with Crippen LogP contribution in [-0.2, 0) is 6.18 Å².